The van der Waals surface area contributed by atoms with Crippen LogP contribution in [0.5, 0.6) is 0 Å². The molecule has 1 aromatic carbocycles. The lowest BCUT2D eigenvalue weighted by atomic mass is 10.0. The van der Waals surface area contributed by atoms with Gasteiger partial charge in [-0.3, -0.25) is 4.79 Å². The molecule has 1 fully saturated rings. The summed E-state index contributed by atoms with van der Waals surface area (Å²) in [5.41, 5.74) is 0.259. The smallest absolute Gasteiger partial charge is 0.254 e. The van der Waals surface area contributed by atoms with Gasteiger partial charge < -0.3 is 9.64 Å². The zero-order valence-electron chi connectivity index (χ0n) is 11.3. The van der Waals surface area contributed by atoms with Crippen LogP contribution in [0.15, 0.2) is 22.7 Å². The standard InChI is InChI=1S/C14H16Br2ClNO2/c1-14(2)8-18(7-10(6-15)20-14)13(19)9-3-4-11(16)12(17)5-9/h3-5,10H,6-8H2,1-2H3. The fourth-order valence-electron chi connectivity index (χ4n) is 2.34. The highest BCUT2D eigenvalue weighted by Crippen LogP contribution is 2.26. The summed E-state index contributed by atoms with van der Waals surface area (Å²) in [6.07, 6.45) is 0.00798. The molecule has 0 saturated carbocycles. The van der Waals surface area contributed by atoms with Crippen molar-refractivity contribution in [3.05, 3.63) is 33.3 Å². The van der Waals surface area contributed by atoms with Crippen molar-refractivity contribution < 1.29 is 9.53 Å². The Morgan fingerprint density at radius 3 is 2.85 bits per heavy atom. The topological polar surface area (TPSA) is 29.5 Å². The minimum absolute atomic E-state index is 0.00798. The van der Waals surface area contributed by atoms with Crippen molar-refractivity contribution in [3.8, 4) is 0 Å². The number of alkyl halides is 1. The Balaban J connectivity index is 2.21. The fourth-order valence-corrected chi connectivity index (χ4v) is 3.11. The molecule has 3 nitrogen and oxygen atoms in total. The van der Waals surface area contributed by atoms with Crippen LogP contribution in [0, 0.1) is 0 Å². The van der Waals surface area contributed by atoms with Crippen molar-refractivity contribution in [1.29, 1.82) is 0 Å². The molecule has 0 radical (unpaired) electrons. The monoisotopic (exact) mass is 423 g/mol. The maximum atomic E-state index is 12.6. The van der Waals surface area contributed by atoms with Crippen molar-refractivity contribution >= 4 is 49.4 Å². The molecular formula is C14H16Br2ClNO2. The molecule has 1 atom stereocenters. The van der Waals surface area contributed by atoms with Gasteiger partial charge in [-0.05, 0) is 48.0 Å². The highest BCUT2D eigenvalue weighted by molar-refractivity contribution is 9.10. The molecule has 1 aromatic rings. The number of benzene rings is 1. The quantitative estimate of drug-likeness (QED) is 0.668. The first-order valence-corrected chi connectivity index (χ1v) is 8.60. The van der Waals surface area contributed by atoms with E-state index in [1.165, 1.54) is 0 Å². The van der Waals surface area contributed by atoms with E-state index in [0.717, 1.165) is 4.47 Å². The average molecular weight is 426 g/mol. The molecule has 6 heteroatoms. The normalized spacial score (nSPS) is 21.9. The number of carbonyl (C=O) groups excluding carboxylic acids is 1. The number of ether oxygens (including phenoxy) is 1. The first kappa shape index (κ1) is 16.3. The molecule has 110 valence electrons. The van der Waals surface area contributed by atoms with Gasteiger partial charge in [0.1, 0.15) is 0 Å². The van der Waals surface area contributed by atoms with Gasteiger partial charge >= 0.3 is 0 Å². The van der Waals surface area contributed by atoms with Gasteiger partial charge in [0.2, 0.25) is 0 Å². The van der Waals surface area contributed by atoms with Gasteiger partial charge in [0.25, 0.3) is 5.91 Å². The first-order valence-electron chi connectivity index (χ1n) is 6.30. The van der Waals surface area contributed by atoms with Crippen molar-refractivity contribution in [2.75, 3.05) is 18.4 Å². The second-order valence-corrected chi connectivity index (χ2v) is 7.38. The van der Waals surface area contributed by atoms with Crippen LogP contribution in [0.1, 0.15) is 24.2 Å². The first-order chi connectivity index (χ1) is 9.32. The third-order valence-electron chi connectivity index (χ3n) is 3.11. The highest BCUT2D eigenvalue weighted by atomic mass is 79.9. The van der Waals surface area contributed by atoms with Gasteiger partial charge in [0.05, 0.1) is 16.7 Å². The zero-order valence-corrected chi connectivity index (χ0v) is 15.3. The van der Waals surface area contributed by atoms with E-state index in [2.05, 4.69) is 31.9 Å². The SMILES string of the molecule is CC1(C)CN(C(=O)c2ccc(Br)c(Cl)c2)CC(CBr)O1. The van der Waals surface area contributed by atoms with Crippen molar-refractivity contribution in [2.45, 2.75) is 25.6 Å². The van der Waals surface area contributed by atoms with E-state index < -0.39 is 0 Å². The lowest BCUT2D eigenvalue weighted by molar-refractivity contribution is -0.116. The van der Waals surface area contributed by atoms with Crippen molar-refractivity contribution in [3.63, 3.8) is 0 Å². The molecule has 20 heavy (non-hydrogen) atoms. The molecule has 0 N–H and O–H groups in total. The minimum atomic E-state index is -0.342. The van der Waals surface area contributed by atoms with E-state index in [4.69, 9.17) is 16.3 Å². The number of carbonyl (C=O) groups is 1. The summed E-state index contributed by atoms with van der Waals surface area (Å²) in [7, 11) is 0. The van der Waals surface area contributed by atoms with Crippen LogP contribution in [0.2, 0.25) is 5.02 Å². The largest absolute Gasteiger partial charge is 0.368 e. The number of amides is 1. The molecule has 1 aliphatic heterocycles. The van der Waals surface area contributed by atoms with Crippen LogP contribution in [0.3, 0.4) is 0 Å². The maximum Gasteiger partial charge on any atom is 0.254 e. The zero-order chi connectivity index (χ0) is 14.9. The summed E-state index contributed by atoms with van der Waals surface area (Å²) in [6.45, 7) is 5.15. The summed E-state index contributed by atoms with van der Waals surface area (Å²) in [4.78, 5) is 14.4. The van der Waals surface area contributed by atoms with Gasteiger partial charge in [-0.25, -0.2) is 0 Å². The summed E-state index contributed by atoms with van der Waals surface area (Å²) in [5.74, 6) is -0.0123. The average Bonchev–Trinajstić information content (AvgIpc) is 2.39. The number of hydrogen-bond donors (Lipinski definition) is 0. The Bertz CT molecular complexity index is 522. The number of hydrogen-bond acceptors (Lipinski definition) is 2. The summed E-state index contributed by atoms with van der Waals surface area (Å²) < 4.78 is 6.70. The van der Waals surface area contributed by atoms with Crippen molar-refractivity contribution in [1.82, 2.24) is 4.90 Å². The highest BCUT2D eigenvalue weighted by Gasteiger charge is 2.35. The van der Waals surface area contributed by atoms with E-state index in [1.807, 2.05) is 18.7 Å². The number of morpholine rings is 1. The fraction of sp³-hybridized carbons (Fsp3) is 0.500. The van der Waals surface area contributed by atoms with Gasteiger partial charge in [0.15, 0.2) is 0 Å². The van der Waals surface area contributed by atoms with Crippen LogP contribution in [0.4, 0.5) is 0 Å². The molecule has 1 aliphatic rings. The number of rotatable bonds is 2. The molecule has 1 amide bonds. The van der Waals surface area contributed by atoms with Gasteiger partial charge in [-0.1, -0.05) is 27.5 Å². The Morgan fingerprint density at radius 1 is 1.55 bits per heavy atom. The predicted molar refractivity (Wildman–Crippen MR) is 87.8 cm³/mol. The Labute approximate surface area is 140 Å². The van der Waals surface area contributed by atoms with Gasteiger partial charge in [-0.2, -0.15) is 0 Å². The molecule has 0 aromatic heterocycles. The predicted octanol–water partition coefficient (Wildman–Crippen LogP) is 4.12. The van der Waals surface area contributed by atoms with E-state index in [-0.39, 0.29) is 17.6 Å². The second kappa shape index (κ2) is 6.34. The van der Waals surface area contributed by atoms with Crippen LogP contribution >= 0.6 is 43.5 Å². The Hall–Kier alpha value is -0.100. The van der Waals surface area contributed by atoms with Crippen LogP contribution in [0.25, 0.3) is 0 Å². The third kappa shape index (κ3) is 3.75. The molecule has 1 heterocycles. The minimum Gasteiger partial charge on any atom is -0.368 e. The molecule has 0 spiro atoms. The van der Waals surface area contributed by atoms with E-state index >= 15 is 0 Å². The van der Waals surface area contributed by atoms with E-state index in [1.54, 1.807) is 18.2 Å². The van der Waals surface area contributed by atoms with Crippen molar-refractivity contribution in [2.24, 2.45) is 0 Å². The van der Waals surface area contributed by atoms with Crippen LogP contribution < -0.4 is 0 Å². The summed E-state index contributed by atoms with van der Waals surface area (Å²) in [6, 6.07) is 5.27. The van der Waals surface area contributed by atoms with E-state index in [0.29, 0.717) is 29.0 Å². The molecule has 0 aliphatic carbocycles. The van der Waals surface area contributed by atoms with Crippen LogP contribution in [-0.4, -0.2) is 40.9 Å². The van der Waals surface area contributed by atoms with Gasteiger partial charge in [-0.15, -0.1) is 0 Å². The molecular weight excluding hydrogens is 409 g/mol. The number of halogens is 3. The van der Waals surface area contributed by atoms with Gasteiger partial charge in [0, 0.05) is 28.5 Å². The van der Waals surface area contributed by atoms with E-state index in [9.17, 15) is 4.79 Å². The summed E-state index contributed by atoms with van der Waals surface area (Å²) >= 11 is 12.8. The Morgan fingerprint density at radius 2 is 2.25 bits per heavy atom. The Kier molecular flexibility index (Phi) is 5.16. The molecule has 0 bridgehead atoms. The molecule has 1 unspecified atom stereocenters. The third-order valence-corrected chi connectivity index (χ3v) is 5.06. The molecule has 2 rings (SSSR count). The summed E-state index contributed by atoms with van der Waals surface area (Å²) in [5, 5.41) is 1.25. The molecule has 1 saturated heterocycles. The second-order valence-electron chi connectivity index (χ2n) is 5.47. The lowest BCUT2D eigenvalue weighted by Crippen LogP contribution is -2.55. The number of nitrogens with zero attached hydrogens (tertiary/aromatic N) is 1. The lowest BCUT2D eigenvalue weighted by Gasteiger charge is -2.42. The maximum absolute atomic E-state index is 12.6. The van der Waals surface area contributed by atoms with Crippen LogP contribution in [-0.2, 0) is 4.74 Å².